The van der Waals surface area contributed by atoms with Crippen LogP contribution in [0, 0.1) is 5.92 Å². The minimum absolute atomic E-state index is 0.453. The van der Waals surface area contributed by atoms with E-state index in [-0.39, 0.29) is 0 Å². The van der Waals surface area contributed by atoms with Crippen LogP contribution in [0.2, 0.25) is 0 Å². The van der Waals surface area contributed by atoms with Crippen LogP contribution < -0.4 is 0 Å². The van der Waals surface area contributed by atoms with Gasteiger partial charge in [-0.15, -0.1) is 0 Å². The van der Waals surface area contributed by atoms with E-state index in [1.165, 1.54) is 0 Å². The SMILES string of the molecule is CC1C=NCN=C1. The first-order valence-corrected chi connectivity index (χ1v) is 2.39. The van der Waals surface area contributed by atoms with E-state index in [1.807, 2.05) is 12.4 Å². The molecule has 0 aliphatic carbocycles. The third-order valence-electron chi connectivity index (χ3n) is 0.844. The molecule has 1 aliphatic rings. The van der Waals surface area contributed by atoms with E-state index in [0.717, 1.165) is 0 Å². The van der Waals surface area contributed by atoms with Gasteiger partial charge in [0, 0.05) is 18.3 Å². The molecule has 7 heavy (non-hydrogen) atoms. The van der Waals surface area contributed by atoms with E-state index in [0.29, 0.717) is 12.6 Å². The zero-order valence-electron chi connectivity index (χ0n) is 4.33. The fourth-order valence-corrected chi connectivity index (χ4v) is 0.512. The summed E-state index contributed by atoms with van der Waals surface area (Å²) in [5, 5.41) is 0. The summed E-state index contributed by atoms with van der Waals surface area (Å²) in [5.74, 6) is 0.453. The van der Waals surface area contributed by atoms with E-state index in [1.54, 1.807) is 0 Å². The van der Waals surface area contributed by atoms with Gasteiger partial charge in [-0.2, -0.15) is 0 Å². The van der Waals surface area contributed by atoms with Crippen LogP contribution in [0.3, 0.4) is 0 Å². The van der Waals surface area contributed by atoms with Crippen molar-refractivity contribution < 1.29 is 0 Å². The standard InChI is InChI=1S/C5H8N2/c1-5-2-6-4-7-3-5/h2-3,5H,4H2,1H3. The van der Waals surface area contributed by atoms with Gasteiger partial charge in [0.1, 0.15) is 6.67 Å². The third kappa shape index (κ3) is 1.11. The minimum Gasteiger partial charge on any atom is -0.274 e. The maximum Gasteiger partial charge on any atom is 0.128 e. The largest absolute Gasteiger partial charge is 0.274 e. The molecule has 0 atom stereocenters. The Labute approximate surface area is 43.0 Å². The molecule has 0 fully saturated rings. The van der Waals surface area contributed by atoms with E-state index < -0.39 is 0 Å². The molecule has 2 nitrogen and oxygen atoms in total. The number of hydrogen-bond donors (Lipinski definition) is 0. The molecule has 1 rings (SSSR count). The van der Waals surface area contributed by atoms with Crippen LogP contribution in [0.5, 0.6) is 0 Å². The Morgan fingerprint density at radius 2 is 2.00 bits per heavy atom. The molecule has 1 heterocycles. The smallest absolute Gasteiger partial charge is 0.128 e. The maximum absolute atomic E-state index is 3.94. The summed E-state index contributed by atoms with van der Waals surface area (Å²) in [6, 6.07) is 0. The molecule has 0 aromatic rings. The van der Waals surface area contributed by atoms with Crippen molar-refractivity contribution in [1.82, 2.24) is 0 Å². The van der Waals surface area contributed by atoms with Gasteiger partial charge in [0.2, 0.25) is 0 Å². The summed E-state index contributed by atoms with van der Waals surface area (Å²) in [5.41, 5.74) is 0. The summed E-state index contributed by atoms with van der Waals surface area (Å²) >= 11 is 0. The van der Waals surface area contributed by atoms with Crippen molar-refractivity contribution in [3.63, 3.8) is 0 Å². The second kappa shape index (κ2) is 1.87. The normalized spacial score (nSPS) is 20.7. The van der Waals surface area contributed by atoms with Gasteiger partial charge in [-0.1, -0.05) is 6.92 Å². The van der Waals surface area contributed by atoms with Crippen molar-refractivity contribution in [1.29, 1.82) is 0 Å². The van der Waals surface area contributed by atoms with E-state index in [9.17, 15) is 0 Å². The van der Waals surface area contributed by atoms with Gasteiger partial charge in [-0.05, 0) is 0 Å². The topological polar surface area (TPSA) is 24.7 Å². The number of nitrogens with zero attached hydrogens (tertiary/aromatic N) is 2. The van der Waals surface area contributed by atoms with Crippen LogP contribution in [0.15, 0.2) is 9.98 Å². The van der Waals surface area contributed by atoms with Gasteiger partial charge < -0.3 is 0 Å². The van der Waals surface area contributed by atoms with Crippen molar-refractivity contribution >= 4 is 12.4 Å². The highest BCUT2D eigenvalue weighted by molar-refractivity contribution is 5.84. The Morgan fingerprint density at radius 1 is 1.43 bits per heavy atom. The van der Waals surface area contributed by atoms with Gasteiger partial charge in [0.15, 0.2) is 0 Å². The Bertz CT molecular complexity index is 92.6. The van der Waals surface area contributed by atoms with Gasteiger partial charge >= 0.3 is 0 Å². The van der Waals surface area contributed by atoms with Crippen LogP contribution in [-0.2, 0) is 0 Å². The van der Waals surface area contributed by atoms with Crippen LogP contribution in [0.1, 0.15) is 6.92 Å². The first-order chi connectivity index (χ1) is 3.39. The Kier molecular flexibility index (Phi) is 1.20. The Balaban J connectivity index is 2.49. The van der Waals surface area contributed by atoms with Crippen molar-refractivity contribution in [3.05, 3.63) is 0 Å². The van der Waals surface area contributed by atoms with Crippen molar-refractivity contribution in [2.24, 2.45) is 15.9 Å². The predicted molar refractivity (Wildman–Crippen MR) is 31.0 cm³/mol. The monoisotopic (exact) mass is 96.1 g/mol. The molecule has 0 spiro atoms. The first kappa shape index (κ1) is 4.50. The first-order valence-electron chi connectivity index (χ1n) is 2.39. The second-order valence-electron chi connectivity index (χ2n) is 1.66. The van der Waals surface area contributed by atoms with Crippen molar-refractivity contribution in [2.75, 3.05) is 6.67 Å². The zero-order chi connectivity index (χ0) is 5.11. The predicted octanol–water partition coefficient (Wildman–Crippen LogP) is 0.735. The lowest BCUT2D eigenvalue weighted by Crippen LogP contribution is -2.02. The highest BCUT2D eigenvalue weighted by atomic mass is 14.9. The Morgan fingerprint density at radius 3 is 2.29 bits per heavy atom. The molecule has 1 aliphatic heterocycles. The molecule has 0 aromatic heterocycles. The molecule has 0 aromatic carbocycles. The molecular formula is C5H8N2. The van der Waals surface area contributed by atoms with Gasteiger partial charge in [-0.3, -0.25) is 9.98 Å². The van der Waals surface area contributed by atoms with Crippen LogP contribution >= 0.6 is 0 Å². The molecular weight excluding hydrogens is 88.1 g/mol. The van der Waals surface area contributed by atoms with Gasteiger partial charge in [-0.25, -0.2) is 0 Å². The Hall–Kier alpha value is -0.660. The summed E-state index contributed by atoms with van der Waals surface area (Å²) < 4.78 is 0. The highest BCUT2D eigenvalue weighted by Gasteiger charge is 1.92. The molecule has 0 amide bonds. The molecule has 0 saturated carbocycles. The van der Waals surface area contributed by atoms with E-state index in [4.69, 9.17) is 0 Å². The van der Waals surface area contributed by atoms with Gasteiger partial charge in [0.05, 0.1) is 0 Å². The van der Waals surface area contributed by atoms with Crippen LogP contribution in [0.4, 0.5) is 0 Å². The molecule has 0 bridgehead atoms. The van der Waals surface area contributed by atoms with E-state index >= 15 is 0 Å². The average Bonchev–Trinajstić information content (AvgIpc) is 1.69. The summed E-state index contributed by atoms with van der Waals surface area (Å²) in [6.45, 7) is 2.69. The third-order valence-corrected chi connectivity index (χ3v) is 0.844. The number of rotatable bonds is 0. The molecule has 0 N–H and O–H groups in total. The van der Waals surface area contributed by atoms with Crippen molar-refractivity contribution in [2.45, 2.75) is 6.92 Å². The molecule has 0 saturated heterocycles. The molecule has 38 valence electrons. The molecule has 2 heteroatoms. The van der Waals surface area contributed by atoms with Crippen LogP contribution in [-0.4, -0.2) is 19.1 Å². The maximum atomic E-state index is 3.94. The zero-order valence-corrected chi connectivity index (χ0v) is 4.33. The second-order valence-corrected chi connectivity index (χ2v) is 1.66. The molecule has 0 radical (unpaired) electrons. The van der Waals surface area contributed by atoms with E-state index in [2.05, 4.69) is 16.9 Å². The quantitative estimate of drug-likeness (QED) is 0.425. The fourth-order valence-electron chi connectivity index (χ4n) is 0.512. The summed E-state index contributed by atoms with van der Waals surface area (Å²) in [4.78, 5) is 7.87. The highest BCUT2D eigenvalue weighted by Crippen LogP contribution is 1.90. The van der Waals surface area contributed by atoms with Crippen LogP contribution in [0.25, 0.3) is 0 Å². The lowest BCUT2D eigenvalue weighted by Gasteiger charge is -1.98. The van der Waals surface area contributed by atoms with Crippen molar-refractivity contribution in [3.8, 4) is 0 Å². The lowest BCUT2D eigenvalue weighted by atomic mass is 10.2. The minimum atomic E-state index is 0.453. The van der Waals surface area contributed by atoms with Gasteiger partial charge in [0.25, 0.3) is 0 Å². The number of hydrogen-bond acceptors (Lipinski definition) is 2. The average molecular weight is 96.1 g/mol. The summed E-state index contributed by atoms with van der Waals surface area (Å²) in [7, 11) is 0. The number of aliphatic imine (C=N–C) groups is 2. The lowest BCUT2D eigenvalue weighted by molar-refractivity contribution is 0.977. The fraction of sp³-hybridized carbons (Fsp3) is 0.600. The molecule has 0 unspecified atom stereocenters. The summed E-state index contributed by atoms with van der Waals surface area (Å²) in [6.07, 6.45) is 3.82.